The smallest absolute Gasteiger partial charge is 0.241 e. The molecule has 2 N–H and O–H groups in total. The third-order valence-electron chi connectivity index (χ3n) is 2.57. The zero-order valence-corrected chi connectivity index (χ0v) is 13.4. The van der Waals surface area contributed by atoms with Crippen LogP contribution in [0, 0.1) is 0 Å². The maximum atomic E-state index is 12.3. The number of sulfonamides is 1. The van der Waals surface area contributed by atoms with Crippen molar-refractivity contribution in [1.29, 1.82) is 0 Å². The summed E-state index contributed by atoms with van der Waals surface area (Å²) in [5.41, 5.74) is 0. The molecule has 0 aliphatic heterocycles. The summed E-state index contributed by atoms with van der Waals surface area (Å²) >= 11 is 1.30. The predicted octanol–water partition coefficient (Wildman–Crippen LogP) is 3.23. The van der Waals surface area contributed by atoms with Crippen LogP contribution in [0.1, 0.15) is 13.8 Å². The summed E-state index contributed by atoms with van der Waals surface area (Å²) in [6.07, 6.45) is 0. The normalized spacial score (nSPS) is 11.8. The maximum Gasteiger partial charge on any atom is 0.241 e. The Kier molecular flexibility index (Phi) is 4.92. The van der Waals surface area contributed by atoms with Gasteiger partial charge in [-0.1, -0.05) is 30.0 Å². The monoisotopic (exact) mass is 323 g/mol. The summed E-state index contributed by atoms with van der Waals surface area (Å²) < 4.78 is 27.3. The zero-order valence-electron chi connectivity index (χ0n) is 11.8. The molecule has 2 aromatic rings. The Bertz CT molecular complexity index is 727. The lowest BCUT2D eigenvalue weighted by Crippen LogP contribution is -2.30. The number of hydrogen-bond acceptors (Lipinski definition) is 4. The quantitative estimate of drug-likeness (QED) is 0.886. The number of aromatic hydroxyl groups is 1. The van der Waals surface area contributed by atoms with Crippen molar-refractivity contribution in [2.75, 3.05) is 0 Å². The molecule has 0 amide bonds. The third-order valence-corrected chi connectivity index (χ3v) is 5.49. The molecule has 4 nitrogen and oxygen atoms in total. The van der Waals surface area contributed by atoms with E-state index < -0.39 is 10.0 Å². The second kappa shape index (κ2) is 6.51. The van der Waals surface area contributed by atoms with Gasteiger partial charge in [0.2, 0.25) is 10.0 Å². The van der Waals surface area contributed by atoms with Gasteiger partial charge in [0.05, 0.1) is 4.90 Å². The predicted molar refractivity (Wildman–Crippen MR) is 84.1 cm³/mol. The van der Waals surface area contributed by atoms with Gasteiger partial charge in [-0.3, -0.25) is 0 Å². The molecule has 0 bridgehead atoms. The van der Waals surface area contributed by atoms with Crippen LogP contribution >= 0.6 is 11.8 Å². The first-order valence-corrected chi connectivity index (χ1v) is 8.77. The summed E-state index contributed by atoms with van der Waals surface area (Å²) in [6.45, 7) is 3.56. The molecule has 0 heterocycles. The van der Waals surface area contributed by atoms with Gasteiger partial charge in [-0.15, -0.1) is 0 Å². The Morgan fingerprint density at radius 3 is 2.48 bits per heavy atom. The summed E-state index contributed by atoms with van der Waals surface area (Å²) in [4.78, 5) is 1.64. The van der Waals surface area contributed by atoms with Gasteiger partial charge in [-0.25, -0.2) is 13.1 Å². The van der Waals surface area contributed by atoms with Crippen molar-refractivity contribution in [2.45, 2.75) is 34.6 Å². The van der Waals surface area contributed by atoms with Crippen LogP contribution in [-0.2, 0) is 10.0 Å². The maximum absolute atomic E-state index is 12.3. The van der Waals surface area contributed by atoms with Crippen LogP contribution < -0.4 is 4.72 Å². The lowest BCUT2D eigenvalue weighted by Gasteiger charge is -2.13. The molecule has 0 spiro atoms. The first-order chi connectivity index (χ1) is 9.88. The highest BCUT2D eigenvalue weighted by atomic mass is 32.2. The van der Waals surface area contributed by atoms with E-state index in [2.05, 4.69) is 4.72 Å². The highest BCUT2D eigenvalue weighted by Gasteiger charge is 2.19. The molecule has 0 atom stereocenters. The molecule has 0 fully saturated rings. The molecule has 6 heteroatoms. The standard InChI is InChI=1S/C15H17NO3S2/c1-11(2)16-21(18,19)15-9-4-3-8-14(15)20-13-7-5-6-12(17)10-13/h3-11,16-17H,1-2H3. The number of rotatable bonds is 5. The van der Waals surface area contributed by atoms with Gasteiger partial charge in [0.15, 0.2) is 0 Å². The van der Waals surface area contributed by atoms with Gasteiger partial charge < -0.3 is 5.11 Å². The van der Waals surface area contributed by atoms with Crippen LogP contribution in [-0.4, -0.2) is 19.6 Å². The fourth-order valence-electron chi connectivity index (χ4n) is 1.80. The Morgan fingerprint density at radius 2 is 1.81 bits per heavy atom. The van der Waals surface area contributed by atoms with Crippen LogP contribution in [0.15, 0.2) is 63.2 Å². The van der Waals surface area contributed by atoms with Crippen molar-refractivity contribution in [3.05, 3.63) is 48.5 Å². The fourth-order valence-corrected chi connectivity index (χ4v) is 4.49. The van der Waals surface area contributed by atoms with E-state index in [-0.39, 0.29) is 16.7 Å². The van der Waals surface area contributed by atoms with Crippen molar-refractivity contribution < 1.29 is 13.5 Å². The molecule has 0 unspecified atom stereocenters. The molecule has 2 aromatic carbocycles. The second-order valence-corrected chi connectivity index (χ2v) is 7.62. The number of benzene rings is 2. The van der Waals surface area contributed by atoms with E-state index in [0.29, 0.717) is 4.90 Å². The van der Waals surface area contributed by atoms with Gasteiger partial charge >= 0.3 is 0 Å². The van der Waals surface area contributed by atoms with Gasteiger partial charge in [0.1, 0.15) is 5.75 Å². The van der Waals surface area contributed by atoms with Crippen molar-refractivity contribution in [1.82, 2.24) is 4.72 Å². The Balaban J connectivity index is 2.38. The van der Waals surface area contributed by atoms with E-state index in [0.717, 1.165) is 4.90 Å². The minimum Gasteiger partial charge on any atom is -0.508 e. The van der Waals surface area contributed by atoms with E-state index >= 15 is 0 Å². The van der Waals surface area contributed by atoms with Crippen molar-refractivity contribution in [3.8, 4) is 5.75 Å². The highest BCUT2D eigenvalue weighted by molar-refractivity contribution is 8.00. The van der Waals surface area contributed by atoms with E-state index in [1.165, 1.54) is 11.8 Å². The number of phenolic OH excluding ortho intramolecular Hbond substituents is 1. The largest absolute Gasteiger partial charge is 0.508 e. The SMILES string of the molecule is CC(C)NS(=O)(=O)c1ccccc1Sc1cccc(O)c1. The summed E-state index contributed by atoms with van der Waals surface area (Å²) in [5, 5.41) is 9.50. The molecular formula is C15H17NO3S2. The molecule has 2 rings (SSSR count). The van der Waals surface area contributed by atoms with Crippen molar-refractivity contribution in [3.63, 3.8) is 0 Å². The van der Waals surface area contributed by atoms with Gasteiger partial charge in [-0.2, -0.15) is 0 Å². The van der Waals surface area contributed by atoms with Gasteiger partial charge in [0, 0.05) is 15.8 Å². The van der Waals surface area contributed by atoms with E-state index in [1.54, 1.807) is 56.3 Å². The van der Waals surface area contributed by atoms with Crippen LogP contribution in [0.4, 0.5) is 0 Å². The third kappa shape index (κ3) is 4.23. The van der Waals surface area contributed by atoms with E-state index in [4.69, 9.17) is 0 Å². The molecule has 0 aromatic heterocycles. The Morgan fingerprint density at radius 1 is 1.10 bits per heavy atom. The van der Waals surface area contributed by atoms with Crippen LogP contribution in [0.2, 0.25) is 0 Å². The lowest BCUT2D eigenvalue weighted by molar-refractivity contribution is 0.474. The second-order valence-electron chi connectivity index (χ2n) is 4.82. The van der Waals surface area contributed by atoms with Crippen molar-refractivity contribution >= 4 is 21.8 Å². The average Bonchev–Trinajstić information content (AvgIpc) is 2.37. The Labute approximate surface area is 129 Å². The van der Waals surface area contributed by atoms with Crippen LogP contribution in [0.25, 0.3) is 0 Å². The van der Waals surface area contributed by atoms with E-state index in [9.17, 15) is 13.5 Å². The minimum absolute atomic E-state index is 0.153. The molecule has 0 aliphatic carbocycles. The molecule has 21 heavy (non-hydrogen) atoms. The number of hydrogen-bond donors (Lipinski definition) is 2. The van der Waals surface area contributed by atoms with Gasteiger partial charge in [0.25, 0.3) is 0 Å². The summed E-state index contributed by atoms with van der Waals surface area (Å²) in [5.74, 6) is 0.153. The number of nitrogens with one attached hydrogen (secondary N) is 1. The molecule has 112 valence electrons. The van der Waals surface area contributed by atoms with Gasteiger partial charge in [-0.05, 0) is 44.2 Å². The fraction of sp³-hybridized carbons (Fsp3) is 0.200. The molecule has 0 radical (unpaired) electrons. The minimum atomic E-state index is -3.55. The average molecular weight is 323 g/mol. The molecule has 0 aliphatic rings. The van der Waals surface area contributed by atoms with Crippen LogP contribution in [0.3, 0.4) is 0 Å². The highest BCUT2D eigenvalue weighted by Crippen LogP contribution is 2.33. The zero-order chi connectivity index (χ0) is 15.5. The first kappa shape index (κ1) is 15.9. The van der Waals surface area contributed by atoms with Crippen LogP contribution in [0.5, 0.6) is 5.75 Å². The van der Waals surface area contributed by atoms with Crippen molar-refractivity contribution in [2.24, 2.45) is 0 Å². The Hall–Kier alpha value is -1.50. The molecular weight excluding hydrogens is 306 g/mol. The number of phenols is 1. The molecule has 0 saturated carbocycles. The van der Waals surface area contributed by atoms with E-state index in [1.807, 2.05) is 6.07 Å². The molecule has 0 saturated heterocycles. The lowest BCUT2D eigenvalue weighted by atomic mass is 10.3. The summed E-state index contributed by atoms with van der Waals surface area (Å²) in [7, 11) is -3.55. The topological polar surface area (TPSA) is 66.4 Å². The first-order valence-electron chi connectivity index (χ1n) is 6.47. The summed E-state index contributed by atoms with van der Waals surface area (Å²) in [6, 6.07) is 13.4.